The third-order valence-corrected chi connectivity index (χ3v) is 5.14. The van der Waals surface area contributed by atoms with Gasteiger partial charge in [0.15, 0.2) is 0 Å². The van der Waals surface area contributed by atoms with E-state index in [4.69, 9.17) is 11.6 Å². The van der Waals surface area contributed by atoms with Crippen molar-refractivity contribution in [2.24, 2.45) is 5.92 Å². The Morgan fingerprint density at radius 3 is 2.68 bits per heavy atom. The van der Waals surface area contributed by atoms with Crippen LogP contribution in [0.3, 0.4) is 0 Å². The molecule has 0 heterocycles. The molecule has 1 N–H and O–H groups in total. The van der Waals surface area contributed by atoms with Gasteiger partial charge in [0.25, 0.3) is 0 Å². The first kappa shape index (κ1) is 14.7. The molecule has 0 saturated heterocycles. The normalized spacial score (nSPS) is 17.6. The van der Waals surface area contributed by atoms with Gasteiger partial charge in [0.2, 0.25) is 0 Å². The minimum Gasteiger partial charge on any atom is -0.481 e. The van der Waals surface area contributed by atoms with E-state index in [2.05, 4.69) is 0 Å². The first-order valence-corrected chi connectivity index (χ1v) is 8.28. The molecule has 4 heteroatoms. The highest BCUT2D eigenvalue weighted by Gasteiger charge is 2.26. The summed E-state index contributed by atoms with van der Waals surface area (Å²) in [6.45, 7) is 0. The van der Waals surface area contributed by atoms with Crippen molar-refractivity contribution in [1.29, 1.82) is 0 Å². The number of halogens is 1. The van der Waals surface area contributed by atoms with Crippen molar-refractivity contribution in [3.63, 3.8) is 0 Å². The number of aliphatic carboxylic acids is 1. The summed E-state index contributed by atoms with van der Waals surface area (Å²) in [6.07, 6.45) is 7.52. The van der Waals surface area contributed by atoms with E-state index in [0.717, 1.165) is 16.9 Å². The van der Waals surface area contributed by atoms with Crippen LogP contribution in [0.4, 0.5) is 0 Å². The van der Waals surface area contributed by atoms with E-state index in [1.165, 1.54) is 25.7 Å². The van der Waals surface area contributed by atoms with Crippen LogP contribution < -0.4 is 0 Å². The van der Waals surface area contributed by atoms with E-state index in [0.29, 0.717) is 10.9 Å². The summed E-state index contributed by atoms with van der Waals surface area (Å²) in [5, 5.41) is 10.1. The molecule has 0 unspecified atom stereocenters. The van der Waals surface area contributed by atoms with Crippen LogP contribution in [0.2, 0.25) is 5.02 Å². The maximum Gasteiger partial charge on any atom is 0.310 e. The van der Waals surface area contributed by atoms with Gasteiger partial charge >= 0.3 is 5.97 Å². The quantitative estimate of drug-likeness (QED) is 0.793. The lowest BCUT2D eigenvalue weighted by molar-refractivity contribution is -0.139. The first-order chi connectivity index (χ1) is 9.11. The van der Waals surface area contributed by atoms with Crippen LogP contribution in [0.15, 0.2) is 23.1 Å². The highest BCUT2D eigenvalue weighted by atomic mass is 35.5. The molecule has 0 bridgehead atoms. The van der Waals surface area contributed by atoms with Crippen LogP contribution in [0, 0.1) is 5.92 Å². The zero-order valence-corrected chi connectivity index (χ0v) is 12.6. The van der Waals surface area contributed by atoms with Crippen LogP contribution in [-0.2, 0) is 4.79 Å². The van der Waals surface area contributed by atoms with E-state index in [1.807, 2.05) is 24.5 Å². The second-order valence-electron chi connectivity index (χ2n) is 5.17. The van der Waals surface area contributed by atoms with Gasteiger partial charge in [0.05, 0.1) is 10.9 Å². The molecule has 1 aromatic carbocycles. The predicted octanol–water partition coefficient (Wildman–Crippen LogP) is 4.81. The van der Waals surface area contributed by atoms with E-state index < -0.39 is 11.9 Å². The smallest absolute Gasteiger partial charge is 0.310 e. The maximum absolute atomic E-state index is 11.5. The molecule has 0 amide bonds. The molecule has 0 aliphatic heterocycles. The second-order valence-corrected chi connectivity index (χ2v) is 6.43. The molecule has 2 nitrogen and oxygen atoms in total. The summed E-state index contributed by atoms with van der Waals surface area (Å²) in [6, 6.07) is 5.65. The van der Waals surface area contributed by atoms with Crippen molar-refractivity contribution >= 4 is 29.3 Å². The summed E-state index contributed by atoms with van der Waals surface area (Å²) in [4.78, 5) is 12.5. The highest BCUT2D eigenvalue weighted by molar-refractivity contribution is 7.98. The molecule has 1 atom stereocenters. The van der Waals surface area contributed by atoms with Gasteiger partial charge in [-0.2, -0.15) is 0 Å². The molecule has 0 aromatic heterocycles. The minimum absolute atomic E-state index is 0.420. The standard InChI is InChI=1S/C15H19ClO2S/c1-19-14-7-6-11(9-13(14)16)12(15(17)18)8-10-4-2-3-5-10/h6-7,9-10,12H,2-5,8H2,1H3,(H,17,18)/t12-/m1/s1. The molecule has 2 rings (SSSR count). The third kappa shape index (κ3) is 3.67. The monoisotopic (exact) mass is 298 g/mol. The topological polar surface area (TPSA) is 37.3 Å². The SMILES string of the molecule is CSc1ccc([C@@H](CC2CCCC2)C(=O)O)cc1Cl. The molecular weight excluding hydrogens is 280 g/mol. The number of hydrogen-bond donors (Lipinski definition) is 1. The molecule has 1 aromatic rings. The van der Waals surface area contributed by atoms with Gasteiger partial charge in [0.1, 0.15) is 0 Å². The van der Waals surface area contributed by atoms with Gasteiger partial charge in [-0.15, -0.1) is 11.8 Å². The van der Waals surface area contributed by atoms with Crippen LogP contribution in [0.25, 0.3) is 0 Å². The van der Waals surface area contributed by atoms with Crippen molar-refractivity contribution in [2.45, 2.75) is 42.9 Å². The zero-order chi connectivity index (χ0) is 13.8. The molecule has 19 heavy (non-hydrogen) atoms. The van der Waals surface area contributed by atoms with Crippen LogP contribution in [0.5, 0.6) is 0 Å². The largest absolute Gasteiger partial charge is 0.481 e. The molecule has 0 spiro atoms. The third-order valence-electron chi connectivity index (χ3n) is 3.92. The summed E-state index contributed by atoms with van der Waals surface area (Å²) in [5.74, 6) is -0.600. The summed E-state index contributed by atoms with van der Waals surface area (Å²) >= 11 is 7.76. The molecule has 1 aliphatic carbocycles. The average molecular weight is 299 g/mol. The van der Waals surface area contributed by atoms with Gasteiger partial charge in [-0.05, 0) is 36.3 Å². The second kappa shape index (κ2) is 6.67. The Balaban J connectivity index is 2.18. The number of carboxylic acids is 1. The van der Waals surface area contributed by atoms with E-state index in [1.54, 1.807) is 11.8 Å². The van der Waals surface area contributed by atoms with E-state index >= 15 is 0 Å². The number of carbonyl (C=O) groups is 1. The van der Waals surface area contributed by atoms with Crippen molar-refractivity contribution in [3.8, 4) is 0 Å². The van der Waals surface area contributed by atoms with Crippen LogP contribution >= 0.6 is 23.4 Å². The van der Waals surface area contributed by atoms with Crippen LogP contribution in [-0.4, -0.2) is 17.3 Å². The lowest BCUT2D eigenvalue weighted by Crippen LogP contribution is -2.15. The van der Waals surface area contributed by atoms with Crippen LogP contribution in [0.1, 0.15) is 43.6 Å². The highest BCUT2D eigenvalue weighted by Crippen LogP contribution is 2.36. The Hall–Kier alpha value is -0.670. The van der Waals surface area contributed by atoms with Crippen molar-refractivity contribution < 1.29 is 9.90 Å². The molecule has 1 fully saturated rings. The van der Waals surface area contributed by atoms with Gasteiger partial charge in [-0.1, -0.05) is 43.4 Å². The molecule has 1 saturated carbocycles. The number of carboxylic acid groups (broad SMARTS) is 1. The number of benzene rings is 1. The Bertz CT molecular complexity index is 455. The fourth-order valence-electron chi connectivity index (χ4n) is 2.86. The van der Waals surface area contributed by atoms with Crippen molar-refractivity contribution in [3.05, 3.63) is 28.8 Å². The lowest BCUT2D eigenvalue weighted by Gasteiger charge is -2.18. The van der Waals surface area contributed by atoms with E-state index in [-0.39, 0.29) is 0 Å². The van der Waals surface area contributed by atoms with Crippen molar-refractivity contribution in [1.82, 2.24) is 0 Å². The summed E-state index contributed by atoms with van der Waals surface area (Å²) in [5.41, 5.74) is 0.835. The lowest BCUT2D eigenvalue weighted by atomic mass is 9.88. The van der Waals surface area contributed by atoms with Crippen molar-refractivity contribution in [2.75, 3.05) is 6.26 Å². The predicted molar refractivity (Wildman–Crippen MR) is 80.2 cm³/mol. The number of rotatable bonds is 5. The van der Waals surface area contributed by atoms with Gasteiger partial charge in [-0.25, -0.2) is 0 Å². The minimum atomic E-state index is -0.736. The fourth-order valence-corrected chi connectivity index (χ4v) is 3.74. The molecule has 0 radical (unpaired) electrons. The molecule has 104 valence electrons. The maximum atomic E-state index is 11.5. The Morgan fingerprint density at radius 2 is 2.16 bits per heavy atom. The Labute approximate surface area is 123 Å². The fraction of sp³-hybridized carbons (Fsp3) is 0.533. The summed E-state index contributed by atoms with van der Waals surface area (Å²) < 4.78 is 0. The van der Waals surface area contributed by atoms with Gasteiger partial charge in [-0.3, -0.25) is 4.79 Å². The zero-order valence-electron chi connectivity index (χ0n) is 11.1. The average Bonchev–Trinajstić information content (AvgIpc) is 2.88. The molecule has 1 aliphatic rings. The molecular formula is C15H19ClO2S. The number of hydrogen-bond acceptors (Lipinski definition) is 2. The Kier molecular flexibility index (Phi) is 5.17. The van der Waals surface area contributed by atoms with Gasteiger partial charge in [0, 0.05) is 4.90 Å². The first-order valence-electron chi connectivity index (χ1n) is 6.68. The Morgan fingerprint density at radius 1 is 1.47 bits per heavy atom. The van der Waals surface area contributed by atoms with Gasteiger partial charge < -0.3 is 5.11 Å². The van der Waals surface area contributed by atoms with E-state index in [9.17, 15) is 9.90 Å². The summed E-state index contributed by atoms with van der Waals surface area (Å²) in [7, 11) is 0. The number of thioether (sulfide) groups is 1.